The molecule has 0 atom stereocenters. The average Bonchev–Trinajstić information content (AvgIpc) is 3.69. The third-order valence-electron chi connectivity index (χ3n) is 6.46. The SMILES string of the molecule is Cc1ccc(S(=O)(=O)n2ccc3c(=O)n(-c4ccc(NC5CCCC5)nc4)ccc32)cc1.Cc1n[c-]no1.[Na+]. The molecule has 1 N–H and O–H groups in total. The third-order valence-corrected chi connectivity index (χ3v) is 8.16. The largest absolute Gasteiger partial charge is 1.00 e. The van der Waals surface area contributed by atoms with Gasteiger partial charge in [-0.1, -0.05) is 37.5 Å². The topological polar surface area (TPSA) is 125 Å². The van der Waals surface area contributed by atoms with Gasteiger partial charge in [-0.2, -0.15) is 5.16 Å². The Hall–Kier alpha value is -3.25. The molecule has 0 bridgehead atoms. The number of aromatic nitrogens is 5. The summed E-state index contributed by atoms with van der Waals surface area (Å²) in [5.41, 5.74) is 1.66. The Balaban J connectivity index is 0.000000447. The van der Waals surface area contributed by atoms with Gasteiger partial charge in [0.1, 0.15) is 5.82 Å². The second-order valence-electron chi connectivity index (χ2n) is 9.16. The van der Waals surface area contributed by atoms with Crippen molar-refractivity contribution in [2.24, 2.45) is 0 Å². The fourth-order valence-corrected chi connectivity index (χ4v) is 5.79. The van der Waals surface area contributed by atoms with E-state index in [2.05, 4.69) is 31.3 Å². The summed E-state index contributed by atoms with van der Waals surface area (Å²) in [7, 11) is -3.80. The van der Waals surface area contributed by atoms with E-state index in [0.29, 0.717) is 28.5 Å². The van der Waals surface area contributed by atoms with Crippen molar-refractivity contribution < 1.29 is 42.5 Å². The Morgan fingerprint density at radius 1 is 1.00 bits per heavy atom. The van der Waals surface area contributed by atoms with E-state index in [9.17, 15) is 13.2 Å². The number of nitrogens with one attached hydrogen (secondary N) is 1. The molecule has 4 heterocycles. The maximum atomic E-state index is 13.1. The maximum absolute atomic E-state index is 13.1. The van der Waals surface area contributed by atoms with Crippen LogP contribution in [0.25, 0.3) is 16.6 Å². The number of anilines is 1. The van der Waals surface area contributed by atoms with Gasteiger partial charge in [0.15, 0.2) is 0 Å². The first-order chi connectivity index (χ1) is 18.3. The van der Waals surface area contributed by atoms with E-state index >= 15 is 0 Å². The molecular formula is C27H27N6NaO4S. The predicted molar refractivity (Wildman–Crippen MR) is 143 cm³/mol. The van der Waals surface area contributed by atoms with Gasteiger partial charge in [-0.3, -0.25) is 9.36 Å². The summed E-state index contributed by atoms with van der Waals surface area (Å²) in [6.45, 7) is 3.61. The van der Waals surface area contributed by atoms with Crippen LogP contribution in [0.3, 0.4) is 0 Å². The van der Waals surface area contributed by atoms with Gasteiger partial charge in [0, 0.05) is 18.4 Å². The van der Waals surface area contributed by atoms with Gasteiger partial charge in [-0.05, 0) is 62.5 Å². The first kappa shape index (κ1) is 28.8. The van der Waals surface area contributed by atoms with Gasteiger partial charge < -0.3 is 14.8 Å². The Labute approximate surface area is 248 Å². The minimum Gasteiger partial charge on any atom is -0.450 e. The van der Waals surface area contributed by atoms with Crippen LogP contribution in [0.4, 0.5) is 5.82 Å². The van der Waals surface area contributed by atoms with Crippen molar-refractivity contribution in [1.82, 2.24) is 23.7 Å². The molecule has 0 saturated heterocycles. The number of hydrogen-bond donors (Lipinski definition) is 1. The molecule has 196 valence electrons. The minimum absolute atomic E-state index is 0. The number of pyridine rings is 2. The Morgan fingerprint density at radius 2 is 1.74 bits per heavy atom. The average molecular weight is 555 g/mol. The molecule has 0 aliphatic heterocycles. The summed E-state index contributed by atoms with van der Waals surface area (Å²) in [4.78, 5) is 21.3. The molecule has 1 aromatic carbocycles. The summed E-state index contributed by atoms with van der Waals surface area (Å²) >= 11 is 0. The van der Waals surface area contributed by atoms with E-state index in [-0.39, 0.29) is 40.0 Å². The monoisotopic (exact) mass is 554 g/mol. The number of nitrogens with zero attached hydrogens (tertiary/aromatic N) is 5. The molecule has 0 amide bonds. The van der Waals surface area contributed by atoms with Gasteiger partial charge in [0.2, 0.25) is 0 Å². The fraction of sp³-hybridized carbons (Fsp3) is 0.259. The molecule has 1 aliphatic rings. The van der Waals surface area contributed by atoms with Crippen molar-refractivity contribution in [3.63, 3.8) is 0 Å². The number of rotatable bonds is 5. The zero-order chi connectivity index (χ0) is 26.7. The van der Waals surface area contributed by atoms with E-state index in [0.717, 1.165) is 28.2 Å². The van der Waals surface area contributed by atoms with Gasteiger partial charge in [0.25, 0.3) is 15.6 Å². The second kappa shape index (κ2) is 12.3. The standard InChI is InChI=1S/C24H24N4O3S.C3H3N2O.Na/c1-17-6-9-20(10-7-17)32(30,31)28-15-12-21-22(28)13-14-27(24(21)29)19-8-11-23(25-16-19)26-18-4-2-3-5-18;1-3-4-2-5-6-3;/h6-16,18H,2-5H2,1H3,(H,25,26);1H3;/q;-1;+1. The molecule has 6 rings (SSSR count). The minimum atomic E-state index is -3.80. The molecule has 1 aliphatic carbocycles. The van der Waals surface area contributed by atoms with Crippen molar-refractivity contribution in [3.8, 4) is 5.69 Å². The molecule has 1 fully saturated rings. The van der Waals surface area contributed by atoms with Crippen molar-refractivity contribution >= 4 is 26.7 Å². The van der Waals surface area contributed by atoms with Crippen molar-refractivity contribution in [1.29, 1.82) is 0 Å². The molecule has 10 nitrogen and oxygen atoms in total. The van der Waals surface area contributed by atoms with Crippen LogP contribution in [0.1, 0.15) is 37.1 Å². The van der Waals surface area contributed by atoms with Gasteiger partial charge >= 0.3 is 29.6 Å². The zero-order valence-electron chi connectivity index (χ0n) is 22.0. The quantitative estimate of drug-likeness (QED) is 0.254. The summed E-state index contributed by atoms with van der Waals surface area (Å²) < 4.78 is 33.3. The molecule has 12 heteroatoms. The van der Waals surface area contributed by atoms with Gasteiger partial charge in [-0.25, -0.2) is 17.4 Å². The van der Waals surface area contributed by atoms with E-state index in [1.54, 1.807) is 55.7 Å². The summed E-state index contributed by atoms with van der Waals surface area (Å²) in [5, 5.41) is 6.97. The first-order valence-corrected chi connectivity index (χ1v) is 13.7. The zero-order valence-corrected chi connectivity index (χ0v) is 24.9. The van der Waals surface area contributed by atoms with Crippen LogP contribution >= 0.6 is 0 Å². The first-order valence-electron chi connectivity index (χ1n) is 12.3. The summed E-state index contributed by atoms with van der Waals surface area (Å²) in [6, 6.07) is 14.0. The number of benzene rings is 1. The molecule has 0 radical (unpaired) electrons. The number of fused-ring (bicyclic) bond motifs is 1. The van der Waals surface area contributed by atoms with Crippen LogP contribution in [-0.4, -0.2) is 38.1 Å². The fourth-order valence-electron chi connectivity index (χ4n) is 4.44. The van der Waals surface area contributed by atoms with E-state index < -0.39 is 10.0 Å². The van der Waals surface area contributed by atoms with Crippen LogP contribution < -0.4 is 40.4 Å². The van der Waals surface area contributed by atoms with Crippen LogP contribution in [0.2, 0.25) is 0 Å². The normalized spacial score (nSPS) is 13.5. The Morgan fingerprint density at radius 3 is 2.33 bits per heavy atom. The van der Waals surface area contributed by atoms with Gasteiger partial charge in [-0.15, -0.1) is 0 Å². The maximum Gasteiger partial charge on any atom is 1.00 e. The van der Waals surface area contributed by atoms with E-state index in [4.69, 9.17) is 0 Å². The molecule has 39 heavy (non-hydrogen) atoms. The number of hydrogen-bond acceptors (Lipinski definition) is 8. The van der Waals surface area contributed by atoms with E-state index in [1.807, 2.05) is 19.1 Å². The third kappa shape index (κ3) is 6.33. The van der Waals surface area contributed by atoms with Crippen molar-refractivity contribution in [3.05, 3.63) is 95.3 Å². The smallest absolute Gasteiger partial charge is 0.450 e. The van der Waals surface area contributed by atoms with Gasteiger partial charge in [0.05, 0.1) is 33.6 Å². The molecule has 0 unspecified atom stereocenters. The van der Waals surface area contributed by atoms with Crippen molar-refractivity contribution in [2.75, 3.05) is 5.32 Å². The molecular weight excluding hydrogens is 527 g/mol. The molecule has 1 saturated carbocycles. The van der Waals surface area contributed by atoms with Crippen LogP contribution in [0.15, 0.2) is 81.3 Å². The predicted octanol–water partition coefficient (Wildman–Crippen LogP) is 1.27. The van der Waals surface area contributed by atoms with Crippen LogP contribution in [0, 0.1) is 20.2 Å². The summed E-state index contributed by atoms with van der Waals surface area (Å²) in [5.74, 6) is 1.35. The van der Waals surface area contributed by atoms with E-state index in [1.165, 1.54) is 23.6 Å². The molecule has 5 aromatic rings. The Kier molecular flexibility index (Phi) is 9.06. The summed E-state index contributed by atoms with van der Waals surface area (Å²) in [6.07, 6.45) is 11.7. The molecule has 0 spiro atoms. The van der Waals surface area contributed by atoms with Crippen molar-refractivity contribution in [2.45, 2.75) is 50.5 Å². The Bertz CT molecular complexity index is 1690. The number of aryl methyl sites for hydroxylation is 2. The molecule has 4 aromatic heterocycles. The van der Waals surface area contributed by atoms with Crippen LogP contribution in [-0.2, 0) is 10.0 Å². The second-order valence-corrected chi connectivity index (χ2v) is 11.0. The van der Waals surface area contributed by atoms with Crippen LogP contribution in [0.5, 0.6) is 0 Å².